The van der Waals surface area contributed by atoms with Crippen molar-refractivity contribution in [2.45, 2.75) is 32.5 Å². The highest BCUT2D eigenvalue weighted by Gasteiger charge is 2.30. The number of hydrogen-bond donors (Lipinski definition) is 0. The van der Waals surface area contributed by atoms with E-state index in [1.54, 1.807) is 6.26 Å². The summed E-state index contributed by atoms with van der Waals surface area (Å²) in [5, 5.41) is 0. The van der Waals surface area contributed by atoms with E-state index >= 15 is 0 Å². The number of nitrogens with zero attached hydrogens (tertiary/aromatic N) is 3. The fourth-order valence-electron chi connectivity index (χ4n) is 4.80. The SMILES string of the molecule is CC1Cc2ccccc2N1Cc1occc1C(=O)N1CCN(Cc2ccccc2)CC1. The first-order valence-electron chi connectivity index (χ1n) is 11.2. The monoisotopic (exact) mass is 415 g/mol. The van der Waals surface area contributed by atoms with Crippen LogP contribution in [0.15, 0.2) is 71.3 Å². The van der Waals surface area contributed by atoms with Crippen LogP contribution < -0.4 is 4.90 Å². The topological polar surface area (TPSA) is 39.9 Å². The maximum atomic E-state index is 13.3. The van der Waals surface area contributed by atoms with E-state index in [0.29, 0.717) is 18.2 Å². The number of para-hydroxylation sites is 1. The normalized spacial score (nSPS) is 18.9. The minimum absolute atomic E-state index is 0.0863. The van der Waals surface area contributed by atoms with Gasteiger partial charge in [0.15, 0.2) is 0 Å². The van der Waals surface area contributed by atoms with E-state index in [9.17, 15) is 4.79 Å². The predicted molar refractivity (Wildman–Crippen MR) is 122 cm³/mol. The summed E-state index contributed by atoms with van der Waals surface area (Å²) in [7, 11) is 0. The average Bonchev–Trinajstić information content (AvgIpc) is 3.39. The number of carbonyl (C=O) groups excluding carboxylic acids is 1. The molecule has 1 fully saturated rings. The molecule has 5 heteroatoms. The van der Waals surface area contributed by atoms with Crippen LogP contribution in [-0.4, -0.2) is 47.9 Å². The van der Waals surface area contributed by atoms with E-state index in [4.69, 9.17) is 4.42 Å². The Kier molecular flexibility index (Phi) is 5.51. The Morgan fingerprint density at radius 2 is 1.68 bits per heavy atom. The molecular weight excluding hydrogens is 386 g/mol. The second kappa shape index (κ2) is 8.60. The molecule has 2 aliphatic heterocycles. The first-order valence-corrected chi connectivity index (χ1v) is 11.2. The van der Waals surface area contributed by atoms with Crippen LogP contribution in [0.1, 0.15) is 34.2 Å². The molecule has 2 aromatic carbocycles. The second-order valence-corrected chi connectivity index (χ2v) is 8.62. The minimum atomic E-state index is 0.0863. The van der Waals surface area contributed by atoms with Gasteiger partial charge in [-0.2, -0.15) is 0 Å². The Labute approximate surface area is 183 Å². The van der Waals surface area contributed by atoms with Gasteiger partial charge in [-0.25, -0.2) is 0 Å². The van der Waals surface area contributed by atoms with Gasteiger partial charge in [-0.15, -0.1) is 0 Å². The van der Waals surface area contributed by atoms with Crippen molar-refractivity contribution in [2.24, 2.45) is 0 Å². The van der Waals surface area contributed by atoms with Gasteiger partial charge in [0.1, 0.15) is 5.76 Å². The van der Waals surface area contributed by atoms with Crippen molar-refractivity contribution in [3.8, 4) is 0 Å². The molecule has 0 radical (unpaired) electrons. The highest BCUT2D eigenvalue weighted by Crippen LogP contribution is 2.33. The van der Waals surface area contributed by atoms with Crippen LogP contribution in [0.3, 0.4) is 0 Å². The Morgan fingerprint density at radius 1 is 0.935 bits per heavy atom. The molecule has 1 unspecified atom stereocenters. The zero-order valence-electron chi connectivity index (χ0n) is 18.0. The van der Waals surface area contributed by atoms with Gasteiger partial charge >= 0.3 is 0 Å². The average molecular weight is 416 g/mol. The number of carbonyl (C=O) groups is 1. The fourth-order valence-corrected chi connectivity index (χ4v) is 4.80. The van der Waals surface area contributed by atoms with Gasteiger partial charge in [0, 0.05) is 44.5 Å². The van der Waals surface area contributed by atoms with Crippen molar-refractivity contribution >= 4 is 11.6 Å². The molecule has 1 atom stereocenters. The number of rotatable bonds is 5. The number of fused-ring (bicyclic) bond motifs is 1. The molecule has 0 N–H and O–H groups in total. The summed E-state index contributed by atoms with van der Waals surface area (Å²) in [6, 6.07) is 21.3. The zero-order chi connectivity index (χ0) is 21.2. The van der Waals surface area contributed by atoms with Crippen molar-refractivity contribution in [3.05, 3.63) is 89.4 Å². The lowest BCUT2D eigenvalue weighted by molar-refractivity contribution is 0.0626. The third-order valence-electron chi connectivity index (χ3n) is 6.55. The first-order chi connectivity index (χ1) is 15.2. The Balaban J connectivity index is 1.23. The number of furan rings is 1. The van der Waals surface area contributed by atoms with Gasteiger partial charge in [-0.3, -0.25) is 9.69 Å². The van der Waals surface area contributed by atoms with Crippen molar-refractivity contribution in [1.29, 1.82) is 0 Å². The van der Waals surface area contributed by atoms with Crippen LogP contribution in [0.2, 0.25) is 0 Å². The molecule has 31 heavy (non-hydrogen) atoms. The standard InChI is InChI=1S/C26H29N3O2/c1-20-17-22-9-5-6-10-24(22)29(20)19-25-23(11-16-31-25)26(30)28-14-12-27(13-15-28)18-21-7-3-2-4-8-21/h2-11,16,20H,12-15,17-19H2,1H3. The largest absolute Gasteiger partial charge is 0.467 e. The van der Waals surface area contributed by atoms with Gasteiger partial charge in [0.05, 0.1) is 18.4 Å². The minimum Gasteiger partial charge on any atom is -0.467 e. The summed E-state index contributed by atoms with van der Waals surface area (Å²) >= 11 is 0. The van der Waals surface area contributed by atoms with Crippen LogP contribution >= 0.6 is 0 Å². The van der Waals surface area contributed by atoms with E-state index in [0.717, 1.165) is 44.9 Å². The van der Waals surface area contributed by atoms with Crippen molar-refractivity contribution < 1.29 is 9.21 Å². The lowest BCUT2D eigenvalue weighted by Gasteiger charge is -2.35. The Morgan fingerprint density at radius 3 is 2.48 bits per heavy atom. The molecule has 0 bridgehead atoms. The van der Waals surface area contributed by atoms with E-state index in [1.165, 1.54) is 16.8 Å². The number of hydrogen-bond acceptors (Lipinski definition) is 4. The van der Waals surface area contributed by atoms with Crippen molar-refractivity contribution in [3.63, 3.8) is 0 Å². The smallest absolute Gasteiger partial charge is 0.257 e. The second-order valence-electron chi connectivity index (χ2n) is 8.62. The lowest BCUT2D eigenvalue weighted by Crippen LogP contribution is -2.48. The summed E-state index contributed by atoms with van der Waals surface area (Å²) in [5.74, 6) is 0.850. The van der Waals surface area contributed by atoms with Crippen LogP contribution in [0.5, 0.6) is 0 Å². The van der Waals surface area contributed by atoms with Crippen molar-refractivity contribution in [1.82, 2.24) is 9.80 Å². The summed E-state index contributed by atoms with van der Waals surface area (Å²) in [5.41, 5.74) is 4.63. The van der Waals surface area contributed by atoms with Gasteiger partial charge < -0.3 is 14.2 Å². The Bertz CT molecular complexity index is 1040. The molecule has 5 rings (SSSR count). The van der Waals surface area contributed by atoms with Crippen LogP contribution in [0.4, 0.5) is 5.69 Å². The number of piperazine rings is 1. The first kappa shape index (κ1) is 19.9. The van der Waals surface area contributed by atoms with Gasteiger partial charge in [-0.05, 0) is 36.6 Å². The molecule has 0 spiro atoms. The highest BCUT2D eigenvalue weighted by atomic mass is 16.3. The summed E-state index contributed by atoms with van der Waals surface area (Å²) in [4.78, 5) is 20.0. The number of benzene rings is 2. The van der Waals surface area contributed by atoms with E-state index in [-0.39, 0.29) is 5.91 Å². The van der Waals surface area contributed by atoms with Crippen LogP contribution in [0, 0.1) is 0 Å². The molecule has 0 aliphatic carbocycles. The molecule has 1 amide bonds. The summed E-state index contributed by atoms with van der Waals surface area (Å²) in [6.07, 6.45) is 2.68. The van der Waals surface area contributed by atoms with Crippen molar-refractivity contribution in [2.75, 3.05) is 31.1 Å². The molecule has 2 aliphatic rings. The quantitative estimate of drug-likeness (QED) is 0.627. The summed E-state index contributed by atoms with van der Waals surface area (Å²) < 4.78 is 5.80. The van der Waals surface area contributed by atoms with Crippen LogP contribution in [0.25, 0.3) is 0 Å². The highest BCUT2D eigenvalue weighted by molar-refractivity contribution is 5.95. The van der Waals surface area contributed by atoms with Gasteiger partial charge in [0.25, 0.3) is 5.91 Å². The Hall–Kier alpha value is -3.05. The molecule has 3 heterocycles. The molecule has 1 aromatic heterocycles. The number of amides is 1. The maximum Gasteiger partial charge on any atom is 0.257 e. The van der Waals surface area contributed by atoms with E-state index in [1.807, 2.05) is 17.0 Å². The molecular formula is C26H29N3O2. The van der Waals surface area contributed by atoms with Crippen LogP contribution in [-0.2, 0) is 19.5 Å². The maximum absolute atomic E-state index is 13.3. The molecule has 1 saturated heterocycles. The third kappa shape index (κ3) is 4.10. The molecule has 3 aromatic rings. The van der Waals surface area contributed by atoms with E-state index in [2.05, 4.69) is 65.3 Å². The molecule has 160 valence electrons. The predicted octanol–water partition coefficient (Wildman–Crippen LogP) is 4.19. The van der Waals surface area contributed by atoms with E-state index < -0.39 is 0 Å². The zero-order valence-corrected chi connectivity index (χ0v) is 18.0. The fraction of sp³-hybridized carbons (Fsp3) is 0.346. The van der Waals surface area contributed by atoms with Gasteiger partial charge in [0.2, 0.25) is 0 Å². The number of anilines is 1. The summed E-state index contributed by atoms with van der Waals surface area (Å²) in [6.45, 7) is 7.08. The van der Waals surface area contributed by atoms with Gasteiger partial charge in [-0.1, -0.05) is 48.5 Å². The molecule has 5 nitrogen and oxygen atoms in total. The third-order valence-corrected chi connectivity index (χ3v) is 6.55. The lowest BCUT2D eigenvalue weighted by atomic mass is 10.1. The molecule has 0 saturated carbocycles.